The number of hydrogen-bond acceptors (Lipinski definition) is 2. The maximum atomic E-state index is 11.5. The Morgan fingerprint density at radius 2 is 2.05 bits per heavy atom. The molecule has 2 heteroatoms. The van der Waals surface area contributed by atoms with E-state index in [9.17, 15) is 4.79 Å². The predicted octanol–water partition coefficient (Wildman–Crippen LogP) is 4.73. The molecular formula is C18H26O2. The molecule has 0 saturated carbocycles. The number of unbranched alkanes of at least 4 members (excludes halogenated alkanes) is 1. The van der Waals surface area contributed by atoms with E-state index in [1.165, 1.54) is 29.5 Å². The molecule has 0 aliphatic carbocycles. The summed E-state index contributed by atoms with van der Waals surface area (Å²) in [6, 6.07) is 6.42. The monoisotopic (exact) mass is 274 g/mol. The van der Waals surface area contributed by atoms with Gasteiger partial charge >= 0.3 is 5.97 Å². The van der Waals surface area contributed by atoms with E-state index in [0.717, 1.165) is 6.42 Å². The van der Waals surface area contributed by atoms with Crippen molar-refractivity contribution in [2.45, 2.75) is 52.9 Å². The average molecular weight is 274 g/mol. The highest BCUT2D eigenvalue weighted by atomic mass is 16.5. The van der Waals surface area contributed by atoms with E-state index in [1.807, 2.05) is 13.0 Å². The minimum Gasteiger partial charge on any atom is -0.463 e. The summed E-state index contributed by atoms with van der Waals surface area (Å²) in [4.78, 5) is 11.5. The summed E-state index contributed by atoms with van der Waals surface area (Å²) in [5, 5.41) is 0. The van der Waals surface area contributed by atoms with Crippen LogP contribution in [-0.2, 0) is 16.0 Å². The highest BCUT2D eigenvalue weighted by Crippen LogP contribution is 2.25. The van der Waals surface area contributed by atoms with Crippen molar-refractivity contribution in [3.63, 3.8) is 0 Å². The van der Waals surface area contributed by atoms with Crippen LogP contribution in [0.2, 0.25) is 0 Å². The van der Waals surface area contributed by atoms with Crippen LogP contribution in [0.25, 0.3) is 6.08 Å². The molecule has 0 amide bonds. The van der Waals surface area contributed by atoms with Crippen molar-refractivity contribution in [3.8, 4) is 0 Å². The molecule has 20 heavy (non-hydrogen) atoms. The molecule has 0 spiro atoms. The van der Waals surface area contributed by atoms with Crippen molar-refractivity contribution in [2.24, 2.45) is 0 Å². The summed E-state index contributed by atoms with van der Waals surface area (Å²) in [5.74, 6) is 0.172. The number of hydrogen-bond donors (Lipinski definition) is 0. The second-order valence-corrected chi connectivity index (χ2v) is 5.26. The van der Waals surface area contributed by atoms with Crippen LogP contribution in [0, 0.1) is 0 Å². The molecule has 1 aromatic carbocycles. The zero-order valence-electron chi connectivity index (χ0n) is 13.1. The third-order valence-electron chi connectivity index (χ3n) is 3.32. The molecule has 0 saturated heterocycles. The second-order valence-electron chi connectivity index (χ2n) is 5.26. The quantitative estimate of drug-likeness (QED) is 0.531. The van der Waals surface area contributed by atoms with E-state index in [4.69, 9.17) is 4.74 Å². The Morgan fingerprint density at radius 1 is 1.30 bits per heavy atom. The standard InChI is InChI=1S/C18H26O2/c1-5-7-9-15-10-8-11-16(14(3)4)17(15)12-13-18(19)20-6-2/h8,10-14H,5-7,9H2,1-4H3/b13-12+. The van der Waals surface area contributed by atoms with Crippen molar-refractivity contribution in [3.05, 3.63) is 41.0 Å². The highest BCUT2D eigenvalue weighted by Gasteiger charge is 2.09. The number of carbonyl (C=O) groups is 1. The van der Waals surface area contributed by atoms with Crippen molar-refractivity contribution in [1.29, 1.82) is 0 Å². The predicted molar refractivity (Wildman–Crippen MR) is 84.8 cm³/mol. The molecule has 0 N–H and O–H groups in total. The van der Waals surface area contributed by atoms with Gasteiger partial charge in [-0.1, -0.05) is 45.4 Å². The molecule has 0 unspecified atom stereocenters. The first-order valence-electron chi connectivity index (χ1n) is 7.56. The van der Waals surface area contributed by atoms with Gasteiger partial charge in [-0.3, -0.25) is 0 Å². The van der Waals surface area contributed by atoms with E-state index in [-0.39, 0.29) is 5.97 Å². The highest BCUT2D eigenvalue weighted by molar-refractivity contribution is 5.87. The molecule has 1 aromatic rings. The number of aryl methyl sites for hydroxylation is 1. The Hall–Kier alpha value is -1.57. The fourth-order valence-electron chi connectivity index (χ4n) is 2.27. The maximum Gasteiger partial charge on any atom is 0.330 e. The molecule has 0 aliphatic rings. The lowest BCUT2D eigenvalue weighted by atomic mass is 9.91. The maximum absolute atomic E-state index is 11.5. The third-order valence-corrected chi connectivity index (χ3v) is 3.32. The van der Waals surface area contributed by atoms with E-state index in [2.05, 4.69) is 39.0 Å². The van der Waals surface area contributed by atoms with Crippen LogP contribution in [-0.4, -0.2) is 12.6 Å². The van der Waals surface area contributed by atoms with Crippen molar-refractivity contribution < 1.29 is 9.53 Å². The second kappa shape index (κ2) is 8.57. The van der Waals surface area contributed by atoms with E-state index < -0.39 is 0 Å². The van der Waals surface area contributed by atoms with E-state index in [0.29, 0.717) is 12.5 Å². The Bertz CT molecular complexity index is 458. The lowest BCUT2D eigenvalue weighted by molar-refractivity contribution is -0.137. The van der Waals surface area contributed by atoms with Gasteiger partial charge < -0.3 is 4.74 Å². The van der Waals surface area contributed by atoms with Gasteiger partial charge in [0.05, 0.1) is 6.61 Å². The summed E-state index contributed by atoms with van der Waals surface area (Å²) in [6.07, 6.45) is 6.85. The Balaban J connectivity index is 3.07. The van der Waals surface area contributed by atoms with Gasteiger partial charge in [-0.15, -0.1) is 0 Å². The molecular weight excluding hydrogens is 248 g/mol. The summed E-state index contributed by atoms with van der Waals surface area (Å²) >= 11 is 0. The normalized spacial score (nSPS) is 11.2. The topological polar surface area (TPSA) is 26.3 Å². The molecule has 0 bridgehead atoms. The smallest absolute Gasteiger partial charge is 0.330 e. The number of benzene rings is 1. The SMILES string of the molecule is CCCCc1cccc(C(C)C)c1/C=C/C(=O)OCC. The summed E-state index contributed by atoms with van der Waals surface area (Å²) in [7, 11) is 0. The first kappa shape index (κ1) is 16.5. The van der Waals surface area contributed by atoms with Crippen LogP contribution in [0.5, 0.6) is 0 Å². The number of carbonyl (C=O) groups excluding carboxylic acids is 1. The van der Waals surface area contributed by atoms with Crippen molar-refractivity contribution >= 4 is 12.0 Å². The minimum absolute atomic E-state index is 0.271. The molecule has 0 heterocycles. The number of rotatable bonds is 7. The van der Waals surface area contributed by atoms with Crippen molar-refractivity contribution in [1.82, 2.24) is 0 Å². The van der Waals surface area contributed by atoms with Crippen LogP contribution in [0.15, 0.2) is 24.3 Å². The largest absolute Gasteiger partial charge is 0.463 e. The van der Waals surface area contributed by atoms with Gasteiger partial charge in [-0.2, -0.15) is 0 Å². The zero-order chi connectivity index (χ0) is 15.0. The first-order chi connectivity index (χ1) is 9.60. The number of esters is 1. The average Bonchev–Trinajstić information content (AvgIpc) is 2.43. The third kappa shape index (κ3) is 4.84. The van der Waals surface area contributed by atoms with Crippen LogP contribution < -0.4 is 0 Å². The Kier molecular flexibility index (Phi) is 7.06. The minimum atomic E-state index is -0.271. The lowest BCUT2D eigenvalue weighted by Gasteiger charge is -2.14. The molecule has 0 fully saturated rings. The summed E-state index contributed by atoms with van der Waals surface area (Å²) in [6.45, 7) is 8.79. The summed E-state index contributed by atoms with van der Waals surface area (Å²) in [5.41, 5.74) is 3.79. The molecule has 2 nitrogen and oxygen atoms in total. The summed E-state index contributed by atoms with van der Waals surface area (Å²) < 4.78 is 4.96. The van der Waals surface area contributed by atoms with Crippen LogP contribution in [0.3, 0.4) is 0 Å². The van der Waals surface area contributed by atoms with Crippen LogP contribution >= 0.6 is 0 Å². The van der Waals surface area contributed by atoms with Gasteiger partial charge in [-0.05, 0) is 48.4 Å². The van der Waals surface area contributed by atoms with Gasteiger partial charge in [0.1, 0.15) is 0 Å². The van der Waals surface area contributed by atoms with Gasteiger partial charge in [0.2, 0.25) is 0 Å². The molecule has 0 radical (unpaired) electrons. The molecule has 0 aromatic heterocycles. The van der Waals surface area contributed by atoms with Gasteiger partial charge in [0, 0.05) is 6.08 Å². The van der Waals surface area contributed by atoms with Crippen molar-refractivity contribution in [2.75, 3.05) is 6.61 Å². The molecule has 1 rings (SSSR count). The Morgan fingerprint density at radius 3 is 2.65 bits per heavy atom. The lowest BCUT2D eigenvalue weighted by Crippen LogP contribution is -2.01. The fraction of sp³-hybridized carbons (Fsp3) is 0.500. The number of ether oxygens (including phenoxy) is 1. The van der Waals surface area contributed by atoms with Gasteiger partial charge in [0.25, 0.3) is 0 Å². The molecule has 0 aliphatic heterocycles. The van der Waals surface area contributed by atoms with Crippen LogP contribution in [0.4, 0.5) is 0 Å². The Labute approximate surface area is 122 Å². The zero-order valence-corrected chi connectivity index (χ0v) is 13.1. The van der Waals surface area contributed by atoms with Crippen LogP contribution in [0.1, 0.15) is 63.1 Å². The fourth-order valence-corrected chi connectivity index (χ4v) is 2.27. The molecule has 110 valence electrons. The van der Waals surface area contributed by atoms with Gasteiger partial charge in [0.15, 0.2) is 0 Å². The molecule has 0 atom stereocenters. The van der Waals surface area contributed by atoms with Gasteiger partial charge in [-0.25, -0.2) is 4.79 Å². The van der Waals surface area contributed by atoms with E-state index >= 15 is 0 Å². The van der Waals surface area contributed by atoms with E-state index in [1.54, 1.807) is 6.08 Å². The first-order valence-corrected chi connectivity index (χ1v) is 7.56.